The van der Waals surface area contributed by atoms with Gasteiger partial charge in [0.15, 0.2) is 11.6 Å². The molecule has 0 radical (unpaired) electrons. The first-order valence-electron chi connectivity index (χ1n) is 6.54. The zero-order valence-electron chi connectivity index (χ0n) is 11.8. The van der Waals surface area contributed by atoms with Crippen molar-refractivity contribution < 1.29 is 13.5 Å². The molecule has 0 spiro atoms. The Morgan fingerprint density at radius 3 is 2.52 bits per heavy atom. The maximum Gasteiger partial charge on any atom is 0.165 e. The molecule has 5 heteroatoms. The fourth-order valence-electron chi connectivity index (χ4n) is 1.86. The van der Waals surface area contributed by atoms with Crippen molar-refractivity contribution in [2.24, 2.45) is 0 Å². The fraction of sp³-hybridized carbons (Fsp3) is 0.250. The van der Waals surface area contributed by atoms with E-state index in [1.165, 1.54) is 12.1 Å². The number of ether oxygens (including phenoxy) is 1. The second-order valence-corrected chi connectivity index (χ2v) is 5.64. The molecule has 0 aliphatic heterocycles. The first-order chi connectivity index (χ1) is 10.0. The van der Waals surface area contributed by atoms with Gasteiger partial charge in [-0.3, -0.25) is 0 Å². The molecule has 0 saturated heterocycles. The highest BCUT2D eigenvalue weighted by atomic mass is 79.9. The summed E-state index contributed by atoms with van der Waals surface area (Å²) >= 11 is 3.19. The van der Waals surface area contributed by atoms with Gasteiger partial charge < -0.3 is 10.1 Å². The van der Waals surface area contributed by atoms with Crippen LogP contribution in [0.4, 0.5) is 8.78 Å². The summed E-state index contributed by atoms with van der Waals surface area (Å²) in [6.07, 6.45) is 0. The van der Waals surface area contributed by atoms with Crippen LogP contribution in [0.25, 0.3) is 0 Å². The molecule has 0 aliphatic carbocycles. The van der Waals surface area contributed by atoms with Crippen LogP contribution in [0.5, 0.6) is 5.75 Å². The Morgan fingerprint density at radius 1 is 1.14 bits per heavy atom. The highest BCUT2D eigenvalue weighted by molar-refractivity contribution is 9.10. The Balaban J connectivity index is 2.10. The van der Waals surface area contributed by atoms with Crippen LogP contribution in [0.1, 0.15) is 24.1 Å². The smallest absolute Gasteiger partial charge is 0.165 e. The van der Waals surface area contributed by atoms with Gasteiger partial charge in [-0.25, -0.2) is 8.78 Å². The van der Waals surface area contributed by atoms with E-state index in [-0.39, 0.29) is 24.2 Å². The summed E-state index contributed by atoms with van der Waals surface area (Å²) in [7, 11) is 1.81. The van der Waals surface area contributed by atoms with Gasteiger partial charge in [0.2, 0.25) is 0 Å². The van der Waals surface area contributed by atoms with Crippen LogP contribution in [-0.2, 0) is 6.61 Å². The number of hydrogen-bond acceptors (Lipinski definition) is 2. The molecular formula is C16H16BrF2NO. The van der Waals surface area contributed by atoms with Crippen LogP contribution < -0.4 is 10.1 Å². The summed E-state index contributed by atoms with van der Waals surface area (Å²) in [6, 6.07) is 9.51. The molecule has 0 bridgehead atoms. The van der Waals surface area contributed by atoms with E-state index in [9.17, 15) is 8.78 Å². The van der Waals surface area contributed by atoms with Gasteiger partial charge in [0.25, 0.3) is 0 Å². The highest BCUT2D eigenvalue weighted by Gasteiger charge is 2.10. The number of halogens is 3. The number of hydrogen-bond donors (Lipinski definition) is 1. The normalized spacial score (nSPS) is 12.2. The SMILES string of the molecule is CNC(C)c1ccc(OCc2ccc(Br)cc2F)c(F)c1. The molecular weight excluding hydrogens is 340 g/mol. The lowest BCUT2D eigenvalue weighted by Gasteiger charge is -2.13. The summed E-state index contributed by atoms with van der Waals surface area (Å²) in [5.74, 6) is -0.721. The molecule has 21 heavy (non-hydrogen) atoms. The molecule has 2 nitrogen and oxygen atoms in total. The fourth-order valence-corrected chi connectivity index (χ4v) is 2.20. The van der Waals surface area contributed by atoms with Crippen LogP contribution in [0.3, 0.4) is 0 Å². The summed E-state index contributed by atoms with van der Waals surface area (Å²) in [4.78, 5) is 0. The minimum absolute atomic E-state index is 0.0169. The van der Waals surface area contributed by atoms with Crippen molar-refractivity contribution in [3.8, 4) is 5.75 Å². The molecule has 0 aliphatic rings. The van der Waals surface area contributed by atoms with Gasteiger partial charge in [-0.15, -0.1) is 0 Å². The van der Waals surface area contributed by atoms with Crippen LogP contribution in [0.15, 0.2) is 40.9 Å². The average molecular weight is 356 g/mol. The van der Waals surface area contributed by atoms with E-state index in [0.717, 1.165) is 5.56 Å². The molecule has 0 fully saturated rings. The Morgan fingerprint density at radius 2 is 1.90 bits per heavy atom. The predicted molar refractivity (Wildman–Crippen MR) is 82.3 cm³/mol. The molecule has 1 N–H and O–H groups in total. The van der Waals surface area contributed by atoms with Crippen molar-refractivity contribution in [1.29, 1.82) is 0 Å². The zero-order chi connectivity index (χ0) is 15.4. The van der Waals surface area contributed by atoms with E-state index in [0.29, 0.717) is 10.0 Å². The van der Waals surface area contributed by atoms with Crippen molar-refractivity contribution in [3.63, 3.8) is 0 Å². The molecule has 2 aromatic rings. The summed E-state index contributed by atoms with van der Waals surface area (Å²) in [5, 5.41) is 3.04. The van der Waals surface area contributed by atoms with Crippen LogP contribution in [-0.4, -0.2) is 7.05 Å². The molecule has 1 atom stereocenters. The van der Waals surface area contributed by atoms with Crippen LogP contribution in [0, 0.1) is 11.6 Å². The summed E-state index contributed by atoms with van der Waals surface area (Å²) in [6.45, 7) is 1.92. The minimum atomic E-state index is -0.452. The molecule has 2 rings (SSSR count). The summed E-state index contributed by atoms with van der Waals surface area (Å²) in [5.41, 5.74) is 1.21. The van der Waals surface area contributed by atoms with Gasteiger partial charge in [-0.05, 0) is 43.8 Å². The maximum atomic E-state index is 14.0. The Kier molecular flexibility index (Phi) is 5.31. The third-order valence-corrected chi connectivity index (χ3v) is 3.78. The average Bonchev–Trinajstić information content (AvgIpc) is 2.46. The standard InChI is InChI=1S/C16H16BrF2NO/c1-10(20-2)11-4-6-16(15(19)7-11)21-9-12-3-5-13(17)8-14(12)18/h3-8,10,20H,9H2,1-2H3. The first-order valence-corrected chi connectivity index (χ1v) is 7.34. The Bertz CT molecular complexity index is 634. The topological polar surface area (TPSA) is 21.3 Å². The lowest BCUT2D eigenvalue weighted by molar-refractivity contribution is 0.284. The quantitative estimate of drug-likeness (QED) is 0.846. The number of nitrogens with one attached hydrogen (secondary N) is 1. The molecule has 1 unspecified atom stereocenters. The second kappa shape index (κ2) is 7.00. The zero-order valence-corrected chi connectivity index (χ0v) is 13.4. The molecule has 0 amide bonds. The van der Waals surface area contributed by atoms with Crippen molar-refractivity contribution in [3.05, 3.63) is 63.6 Å². The summed E-state index contributed by atoms with van der Waals surface area (Å²) < 4.78 is 33.6. The molecule has 2 aromatic carbocycles. The second-order valence-electron chi connectivity index (χ2n) is 4.72. The number of rotatable bonds is 5. The Hall–Kier alpha value is -1.46. The maximum absolute atomic E-state index is 14.0. The van der Waals surface area contributed by atoms with E-state index < -0.39 is 5.82 Å². The van der Waals surface area contributed by atoms with Crippen LogP contribution >= 0.6 is 15.9 Å². The largest absolute Gasteiger partial charge is 0.486 e. The van der Waals surface area contributed by atoms with Crippen molar-refractivity contribution in [2.75, 3.05) is 7.05 Å². The third kappa shape index (κ3) is 4.02. The monoisotopic (exact) mass is 355 g/mol. The van der Waals surface area contributed by atoms with Gasteiger partial charge in [-0.2, -0.15) is 0 Å². The van der Waals surface area contributed by atoms with Crippen molar-refractivity contribution in [1.82, 2.24) is 5.32 Å². The van der Waals surface area contributed by atoms with E-state index in [2.05, 4.69) is 21.2 Å². The highest BCUT2D eigenvalue weighted by Crippen LogP contribution is 2.23. The number of benzene rings is 2. The van der Waals surface area contributed by atoms with E-state index >= 15 is 0 Å². The van der Waals surface area contributed by atoms with Crippen molar-refractivity contribution in [2.45, 2.75) is 19.6 Å². The molecule has 112 valence electrons. The van der Waals surface area contributed by atoms with Gasteiger partial charge in [0.05, 0.1) is 0 Å². The van der Waals surface area contributed by atoms with Crippen molar-refractivity contribution >= 4 is 15.9 Å². The predicted octanol–water partition coefficient (Wildman–Crippen LogP) is 4.59. The Labute approximate surface area is 131 Å². The van der Waals surface area contributed by atoms with Gasteiger partial charge in [0, 0.05) is 16.1 Å². The third-order valence-electron chi connectivity index (χ3n) is 3.29. The van der Waals surface area contributed by atoms with E-state index in [4.69, 9.17) is 4.74 Å². The van der Waals surface area contributed by atoms with Gasteiger partial charge in [-0.1, -0.05) is 28.1 Å². The van der Waals surface area contributed by atoms with E-state index in [1.807, 2.05) is 14.0 Å². The molecule has 0 saturated carbocycles. The van der Waals surface area contributed by atoms with Gasteiger partial charge >= 0.3 is 0 Å². The van der Waals surface area contributed by atoms with E-state index in [1.54, 1.807) is 24.3 Å². The lowest BCUT2D eigenvalue weighted by Crippen LogP contribution is -2.12. The molecule has 0 aromatic heterocycles. The lowest BCUT2D eigenvalue weighted by atomic mass is 10.1. The van der Waals surface area contributed by atoms with Gasteiger partial charge in [0.1, 0.15) is 12.4 Å². The molecule has 0 heterocycles. The van der Waals surface area contributed by atoms with Crippen LogP contribution in [0.2, 0.25) is 0 Å². The minimum Gasteiger partial charge on any atom is -0.486 e. The first kappa shape index (κ1) is 15.9.